The molecule has 0 aromatic rings. The quantitative estimate of drug-likeness (QED) is 0.587. The number of likely N-dealkylation sites (tertiary alicyclic amines) is 1. The molecule has 58 valence electrons. The topological polar surface area (TPSA) is 29.3 Å². The van der Waals surface area contributed by atoms with Crippen molar-refractivity contribution in [2.45, 2.75) is 44.3 Å². The van der Waals surface area contributed by atoms with E-state index in [2.05, 4.69) is 11.8 Å². The van der Waals surface area contributed by atoms with E-state index in [1.54, 1.807) is 0 Å². The smallest absolute Gasteiger partial charge is 0.0547 e. The average molecular weight is 140 g/mol. The van der Waals surface area contributed by atoms with Crippen LogP contribution >= 0.6 is 0 Å². The van der Waals surface area contributed by atoms with Crippen LogP contribution in [-0.2, 0) is 0 Å². The van der Waals surface area contributed by atoms with Crippen molar-refractivity contribution < 1.29 is 0 Å². The van der Waals surface area contributed by atoms with Crippen LogP contribution in [0.3, 0.4) is 0 Å². The fourth-order valence-electron chi connectivity index (χ4n) is 2.28. The predicted octanol–water partition coefficient (Wildman–Crippen LogP) is 0.919. The minimum Gasteiger partial charge on any atom is -0.316 e. The second kappa shape index (κ2) is 1.95. The fraction of sp³-hybridized carbons (Fsp3) is 1.00. The van der Waals surface area contributed by atoms with E-state index in [4.69, 9.17) is 5.73 Å². The first-order chi connectivity index (χ1) is 4.75. The lowest BCUT2D eigenvalue weighted by atomic mass is 10.2. The minimum atomic E-state index is 0.282. The van der Waals surface area contributed by atoms with Crippen molar-refractivity contribution in [2.75, 3.05) is 6.54 Å². The van der Waals surface area contributed by atoms with Gasteiger partial charge in [0.05, 0.1) is 6.17 Å². The Morgan fingerprint density at radius 2 is 2.10 bits per heavy atom. The van der Waals surface area contributed by atoms with Gasteiger partial charge in [-0.3, -0.25) is 4.90 Å². The molecule has 2 N–H and O–H groups in total. The predicted molar refractivity (Wildman–Crippen MR) is 41.6 cm³/mol. The molecule has 1 aliphatic heterocycles. The number of hydrogen-bond donors (Lipinski definition) is 1. The van der Waals surface area contributed by atoms with E-state index in [9.17, 15) is 0 Å². The molecule has 10 heavy (non-hydrogen) atoms. The largest absolute Gasteiger partial charge is 0.316 e. The maximum atomic E-state index is 5.84. The van der Waals surface area contributed by atoms with Gasteiger partial charge in [-0.25, -0.2) is 0 Å². The fourth-order valence-corrected chi connectivity index (χ4v) is 2.28. The van der Waals surface area contributed by atoms with Gasteiger partial charge in [0.25, 0.3) is 0 Å². The first-order valence-electron chi connectivity index (χ1n) is 4.27. The summed E-state index contributed by atoms with van der Waals surface area (Å²) in [6, 6.07) is 0. The maximum absolute atomic E-state index is 5.84. The summed E-state index contributed by atoms with van der Waals surface area (Å²) in [5.74, 6) is 0. The van der Waals surface area contributed by atoms with Crippen LogP contribution in [0.15, 0.2) is 0 Å². The zero-order valence-corrected chi connectivity index (χ0v) is 6.64. The molecule has 0 aromatic heterocycles. The van der Waals surface area contributed by atoms with Crippen LogP contribution in [0.2, 0.25) is 0 Å². The van der Waals surface area contributed by atoms with Crippen LogP contribution in [0.1, 0.15) is 32.6 Å². The molecule has 2 heteroatoms. The van der Waals surface area contributed by atoms with E-state index >= 15 is 0 Å². The normalized spacial score (nSPS) is 33.0. The summed E-state index contributed by atoms with van der Waals surface area (Å²) in [5.41, 5.74) is 6.43. The van der Waals surface area contributed by atoms with E-state index < -0.39 is 0 Å². The summed E-state index contributed by atoms with van der Waals surface area (Å²) in [6.07, 6.45) is 5.84. The third kappa shape index (κ3) is 0.789. The van der Waals surface area contributed by atoms with Gasteiger partial charge >= 0.3 is 0 Å². The molecule has 1 spiro atoms. The molecule has 0 radical (unpaired) electrons. The second-order valence-electron chi connectivity index (χ2n) is 3.76. The Bertz CT molecular complexity index is 138. The van der Waals surface area contributed by atoms with Crippen LogP contribution in [0.25, 0.3) is 0 Å². The van der Waals surface area contributed by atoms with Crippen LogP contribution < -0.4 is 5.73 Å². The first kappa shape index (κ1) is 6.62. The third-order valence-corrected chi connectivity index (χ3v) is 2.97. The van der Waals surface area contributed by atoms with Crippen LogP contribution in [0, 0.1) is 0 Å². The van der Waals surface area contributed by atoms with Crippen LogP contribution in [0.5, 0.6) is 0 Å². The average Bonchev–Trinajstić information content (AvgIpc) is 2.42. The Balaban J connectivity index is 2.07. The zero-order chi connectivity index (χ0) is 7.19. The molecule has 1 saturated heterocycles. The number of hydrogen-bond acceptors (Lipinski definition) is 2. The van der Waals surface area contributed by atoms with Crippen LogP contribution in [-0.4, -0.2) is 23.1 Å². The monoisotopic (exact) mass is 140 g/mol. The molecular formula is C8H16N2. The number of nitrogens with zero attached hydrogens (tertiary/aromatic N) is 1. The van der Waals surface area contributed by atoms with Crippen molar-refractivity contribution in [1.29, 1.82) is 0 Å². The standard InChI is InChI=1S/C8H16N2/c1-7(9)10-6-2-3-8(10)4-5-8/h7H,2-6,9H2,1H3. The lowest BCUT2D eigenvalue weighted by molar-refractivity contribution is 0.179. The molecule has 1 saturated carbocycles. The van der Waals surface area contributed by atoms with E-state index in [0.29, 0.717) is 5.54 Å². The van der Waals surface area contributed by atoms with E-state index in [1.807, 2.05) is 0 Å². The Hall–Kier alpha value is -0.0800. The molecule has 2 aliphatic rings. The van der Waals surface area contributed by atoms with Gasteiger partial charge in [-0.05, 0) is 32.6 Å². The minimum absolute atomic E-state index is 0.282. The first-order valence-corrected chi connectivity index (χ1v) is 4.27. The van der Waals surface area contributed by atoms with E-state index in [0.717, 1.165) is 0 Å². The maximum Gasteiger partial charge on any atom is 0.0547 e. The SMILES string of the molecule is CC(N)N1CCCC12CC2. The number of nitrogens with two attached hydrogens (primary N) is 1. The Labute approximate surface area is 62.4 Å². The molecule has 0 amide bonds. The van der Waals surface area contributed by atoms with Crippen molar-refractivity contribution in [3.63, 3.8) is 0 Å². The Morgan fingerprint density at radius 1 is 1.40 bits per heavy atom. The van der Waals surface area contributed by atoms with Gasteiger partial charge in [0.1, 0.15) is 0 Å². The molecule has 2 fully saturated rings. The van der Waals surface area contributed by atoms with Gasteiger partial charge < -0.3 is 5.73 Å². The molecule has 1 atom stereocenters. The summed E-state index contributed by atoms with van der Waals surface area (Å²) >= 11 is 0. The molecular weight excluding hydrogens is 124 g/mol. The van der Waals surface area contributed by atoms with Crippen molar-refractivity contribution in [1.82, 2.24) is 4.90 Å². The summed E-state index contributed by atoms with van der Waals surface area (Å²) in [7, 11) is 0. The summed E-state index contributed by atoms with van der Waals surface area (Å²) in [5, 5.41) is 0. The van der Waals surface area contributed by atoms with Crippen molar-refractivity contribution >= 4 is 0 Å². The molecule has 2 rings (SSSR count). The molecule has 0 aromatic carbocycles. The van der Waals surface area contributed by atoms with Gasteiger partial charge in [0, 0.05) is 12.1 Å². The van der Waals surface area contributed by atoms with E-state index in [-0.39, 0.29) is 6.17 Å². The zero-order valence-electron chi connectivity index (χ0n) is 6.64. The molecule has 0 bridgehead atoms. The molecule has 1 heterocycles. The Morgan fingerprint density at radius 3 is 2.50 bits per heavy atom. The second-order valence-corrected chi connectivity index (χ2v) is 3.76. The molecule has 2 nitrogen and oxygen atoms in total. The van der Waals surface area contributed by atoms with E-state index in [1.165, 1.54) is 32.2 Å². The lowest BCUT2D eigenvalue weighted by Gasteiger charge is -2.27. The highest BCUT2D eigenvalue weighted by Crippen LogP contribution is 2.49. The van der Waals surface area contributed by atoms with Crippen molar-refractivity contribution in [3.05, 3.63) is 0 Å². The van der Waals surface area contributed by atoms with Gasteiger partial charge in [0.2, 0.25) is 0 Å². The summed E-state index contributed by atoms with van der Waals surface area (Å²) in [4.78, 5) is 2.48. The van der Waals surface area contributed by atoms with Crippen molar-refractivity contribution in [3.8, 4) is 0 Å². The van der Waals surface area contributed by atoms with Gasteiger partial charge in [-0.15, -0.1) is 0 Å². The summed E-state index contributed by atoms with van der Waals surface area (Å²) < 4.78 is 0. The highest BCUT2D eigenvalue weighted by Gasteiger charge is 2.51. The van der Waals surface area contributed by atoms with Crippen LogP contribution in [0.4, 0.5) is 0 Å². The highest BCUT2D eigenvalue weighted by atomic mass is 15.3. The van der Waals surface area contributed by atoms with Crippen molar-refractivity contribution in [2.24, 2.45) is 5.73 Å². The Kier molecular flexibility index (Phi) is 1.29. The van der Waals surface area contributed by atoms with Gasteiger partial charge in [-0.1, -0.05) is 0 Å². The summed E-state index contributed by atoms with van der Waals surface area (Å²) in [6.45, 7) is 3.34. The third-order valence-electron chi connectivity index (χ3n) is 2.97. The van der Waals surface area contributed by atoms with Gasteiger partial charge in [-0.2, -0.15) is 0 Å². The molecule has 1 unspecified atom stereocenters. The highest BCUT2D eigenvalue weighted by molar-refractivity contribution is 5.07. The lowest BCUT2D eigenvalue weighted by Crippen LogP contribution is -2.44. The van der Waals surface area contributed by atoms with Gasteiger partial charge in [0.15, 0.2) is 0 Å². The number of rotatable bonds is 1. The molecule has 1 aliphatic carbocycles.